The highest BCUT2D eigenvalue weighted by molar-refractivity contribution is 7.10. The zero-order valence-corrected chi connectivity index (χ0v) is 17.5. The maximum absolute atomic E-state index is 14.7. The van der Waals surface area contributed by atoms with Crippen molar-refractivity contribution in [2.24, 2.45) is 0 Å². The molecule has 2 aromatic heterocycles. The molecular formula is C21H17F2N5O3S. The standard InChI is InChI=1S/C21H17F2N5O3S/c1-13(20-26-19(9-32-20)14-2-5-16(6-3-14)28(30)31)21(29,10-27-12-24-11-25-27)17-7-4-15(22)8-18(17)23/h2-9,11-13,29H,10H2,1H3. The summed E-state index contributed by atoms with van der Waals surface area (Å²) in [7, 11) is 0. The number of aromatic nitrogens is 4. The van der Waals surface area contributed by atoms with Crippen LogP contribution >= 0.6 is 11.3 Å². The van der Waals surface area contributed by atoms with Crippen LogP contribution in [0.2, 0.25) is 0 Å². The van der Waals surface area contributed by atoms with E-state index in [1.165, 1.54) is 46.9 Å². The normalized spacial score (nSPS) is 14.1. The summed E-state index contributed by atoms with van der Waals surface area (Å²) in [4.78, 5) is 18.8. The van der Waals surface area contributed by atoms with Gasteiger partial charge in [-0.25, -0.2) is 23.4 Å². The van der Waals surface area contributed by atoms with E-state index in [-0.39, 0.29) is 17.8 Å². The SMILES string of the molecule is CC(c1nc(-c2ccc([N+](=O)[O-])cc2)cs1)C(O)(Cn1cncn1)c1ccc(F)cc1F. The van der Waals surface area contributed by atoms with Crippen LogP contribution in [0.1, 0.15) is 23.4 Å². The highest BCUT2D eigenvalue weighted by Gasteiger charge is 2.41. The lowest BCUT2D eigenvalue weighted by molar-refractivity contribution is -0.384. The molecule has 0 aliphatic rings. The van der Waals surface area contributed by atoms with Crippen molar-refractivity contribution in [2.75, 3.05) is 0 Å². The number of nitro benzene ring substituents is 1. The third kappa shape index (κ3) is 4.12. The van der Waals surface area contributed by atoms with Gasteiger partial charge in [-0.2, -0.15) is 5.10 Å². The van der Waals surface area contributed by atoms with E-state index < -0.39 is 28.1 Å². The highest BCUT2D eigenvalue weighted by Crippen LogP contribution is 2.41. The molecule has 11 heteroatoms. The van der Waals surface area contributed by atoms with Crippen LogP contribution in [-0.2, 0) is 12.1 Å². The van der Waals surface area contributed by atoms with Gasteiger partial charge in [-0.05, 0) is 18.2 Å². The van der Waals surface area contributed by atoms with E-state index >= 15 is 0 Å². The molecule has 0 aliphatic heterocycles. The Labute approximate surface area is 185 Å². The van der Waals surface area contributed by atoms with Gasteiger partial charge < -0.3 is 5.11 Å². The summed E-state index contributed by atoms with van der Waals surface area (Å²) in [6.45, 7) is 1.56. The summed E-state index contributed by atoms with van der Waals surface area (Å²) in [5.41, 5.74) is -0.705. The van der Waals surface area contributed by atoms with E-state index in [0.29, 0.717) is 16.3 Å². The molecule has 0 aliphatic carbocycles. The molecule has 32 heavy (non-hydrogen) atoms. The van der Waals surface area contributed by atoms with E-state index in [2.05, 4.69) is 15.1 Å². The second-order valence-electron chi connectivity index (χ2n) is 7.24. The summed E-state index contributed by atoms with van der Waals surface area (Å²) < 4.78 is 29.6. The molecule has 2 aromatic carbocycles. The van der Waals surface area contributed by atoms with Crippen molar-refractivity contribution in [3.8, 4) is 11.3 Å². The monoisotopic (exact) mass is 457 g/mol. The molecule has 0 saturated carbocycles. The van der Waals surface area contributed by atoms with Gasteiger partial charge in [0.2, 0.25) is 0 Å². The van der Waals surface area contributed by atoms with Gasteiger partial charge >= 0.3 is 0 Å². The van der Waals surface area contributed by atoms with Gasteiger partial charge in [0.15, 0.2) is 0 Å². The van der Waals surface area contributed by atoms with Crippen molar-refractivity contribution < 1.29 is 18.8 Å². The summed E-state index contributed by atoms with van der Waals surface area (Å²) in [5, 5.41) is 28.8. The molecule has 0 amide bonds. The first kappa shape index (κ1) is 21.7. The second kappa shape index (κ2) is 8.52. The van der Waals surface area contributed by atoms with E-state index in [9.17, 15) is 24.0 Å². The first-order valence-electron chi connectivity index (χ1n) is 9.48. The predicted octanol–water partition coefficient (Wildman–Crippen LogP) is 4.28. The number of benzene rings is 2. The van der Waals surface area contributed by atoms with Crippen molar-refractivity contribution >= 4 is 17.0 Å². The topological polar surface area (TPSA) is 107 Å². The minimum atomic E-state index is -1.81. The second-order valence-corrected chi connectivity index (χ2v) is 8.13. The third-order valence-corrected chi connectivity index (χ3v) is 6.28. The van der Waals surface area contributed by atoms with Gasteiger partial charge in [0.1, 0.15) is 29.9 Å². The van der Waals surface area contributed by atoms with Crippen LogP contribution in [0, 0.1) is 21.7 Å². The molecule has 0 radical (unpaired) electrons. The Kier molecular flexibility index (Phi) is 5.76. The minimum Gasteiger partial charge on any atom is -0.382 e. The average molecular weight is 457 g/mol. The molecule has 2 unspecified atom stereocenters. The quantitative estimate of drug-likeness (QED) is 0.328. The lowest BCUT2D eigenvalue weighted by Gasteiger charge is -2.33. The van der Waals surface area contributed by atoms with Crippen LogP contribution < -0.4 is 0 Å². The van der Waals surface area contributed by atoms with Crippen molar-refractivity contribution in [3.05, 3.63) is 92.8 Å². The molecule has 0 saturated heterocycles. The van der Waals surface area contributed by atoms with Crippen molar-refractivity contribution in [3.63, 3.8) is 0 Å². The molecule has 2 heterocycles. The van der Waals surface area contributed by atoms with E-state index in [1.54, 1.807) is 24.4 Å². The molecule has 0 bridgehead atoms. The third-order valence-electron chi connectivity index (χ3n) is 5.25. The Morgan fingerprint density at radius 1 is 1.25 bits per heavy atom. The van der Waals surface area contributed by atoms with Gasteiger partial charge in [0, 0.05) is 40.6 Å². The number of nitro groups is 1. The van der Waals surface area contributed by atoms with Gasteiger partial charge in [-0.3, -0.25) is 10.1 Å². The highest BCUT2D eigenvalue weighted by atomic mass is 32.1. The lowest BCUT2D eigenvalue weighted by atomic mass is 9.82. The molecule has 1 N–H and O–H groups in total. The number of rotatable bonds is 7. The molecule has 8 nitrogen and oxygen atoms in total. The Morgan fingerprint density at radius 2 is 2.00 bits per heavy atom. The number of hydrogen-bond acceptors (Lipinski definition) is 7. The zero-order valence-electron chi connectivity index (χ0n) is 16.7. The average Bonchev–Trinajstić information content (AvgIpc) is 3.45. The van der Waals surface area contributed by atoms with Crippen LogP contribution in [0.3, 0.4) is 0 Å². The molecule has 0 fully saturated rings. The fraction of sp³-hybridized carbons (Fsp3) is 0.190. The minimum absolute atomic E-state index is 0.0356. The molecule has 164 valence electrons. The smallest absolute Gasteiger partial charge is 0.269 e. The van der Waals surface area contributed by atoms with Crippen molar-refractivity contribution in [2.45, 2.75) is 25.0 Å². The van der Waals surface area contributed by atoms with Crippen LogP contribution in [-0.4, -0.2) is 29.8 Å². The fourth-order valence-electron chi connectivity index (χ4n) is 3.43. The molecule has 2 atom stereocenters. The summed E-state index contributed by atoms with van der Waals surface area (Å²) in [5.74, 6) is -2.34. The van der Waals surface area contributed by atoms with Gasteiger partial charge in [0.25, 0.3) is 5.69 Å². The van der Waals surface area contributed by atoms with E-state index in [0.717, 1.165) is 12.1 Å². The van der Waals surface area contributed by atoms with Gasteiger partial charge in [-0.15, -0.1) is 11.3 Å². The zero-order chi connectivity index (χ0) is 22.9. The molecular weight excluding hydrogens is 440 g/mol. The largest absolute Gasteiger partial charge is 0.382 e. The Hall–Kier alpha value is -3.57. The summed E-state index contributed by atoms with van der Waals surface area (Å²) in [6.07, 6.45) is 2.69. The van der Waals surface area contributed by atoms with E-state index in [4.69, 9.17) is 0 Å². The first-order valence-corrected chi connectivity index (χ1v) is 10.4. The number of non-ortho nitro benzene ring substituents is 1. The van der Waals surface area contributed by atoms with E-state index in [1.807, 2.05) is 0 Å². The molecule has 4 aromatic rings. The van der Waals surface area contributed by atoms with Gasteiger partial charge in [-0.1, -0.05) is 13.0 Å². The fourth-order valence-corrected chi connectivity index (χ4v) is 4.41. The summed E-state index contributed by atoms with van der Waals surface area (Å²) >= 11 is 1.26. The van der Waals surface area contributed by atoms with Crippen LogP contribution in [0.25, 0.3) is 11.3 Å². The van der Waals surface area contributed by atoms with Crippen LogP contribution in [0.5, 0.6) is 0 Å². The lowest BCUT2D eigenvalue weighted by Crippen LogP contribution is -2.38. The van der Waals surface area contributed by atoms with Crippen LogP contribution in [0.15, 0.2) is 60.5 Å². The maximum atomic E-state index is 14.7. The number of hydrogen-bond donors (Lipinski definition) is 1. The number of thiazole rings is 1. The van der Waals surface area contributed by atoms with Crippen molar-refractivity contribution in [1.82, 2.24) is 19.7 Å². The molecule has 0 spiro atoms. The first-order chi connectivity index (χ1) is 15.3. The Morgan fingerprint density at radius 3 is 2.62 bits per heavy atom. The number of aliphatic hydroxyl groups is 1. The van der Waals surface area contributed by atoms with Crippen LogP contribution in [0.4, 0.5) is 14.5 Å². The van der Waals surface area contributed by atoms with Gasteiger partial charge in [0.05, 0.1) is 22.2 Å². The number of nitrogens with zero attached hydrogens (tertiary/aromatic N) is 5. The number of halogens is 2. The Bertz CT molecular complexity index is 1250. The predicted molar refractivity (Wildman–Crippen MR) is 113 cm³/mol. The Balaban J connectivity index is 1.71. The summed E-state index contributed by atoms with van der Waals surface area (Å²) in [6, 6.07) is 8.95. The maximum Gasteiger partial charge on any atom is 0.269 e. The van der Waals surface area contributed by atoms with Crippen molar-refractivity contribution in [1.29, 1.82) is 0 Å². The molecule has 4 rings (SSSR count).